The van der Waals surface area contributed by atoms with Crippen molar-refractivity contribution in [1.82, 2.24) is 5.16 Å². The summed E-state index contributed by atoms with van der Waals surface area (Å²) in [4.78, 5) is 10.7. The summed E-state index contributed by atoms with van der Waals surface area (Å²) in [5, 5.41) is 2.28. The van der Waals surface area contributed by atoms with Crippen LogP contribution in [-0.4, -0.2) is 10.9 Å². The lowest BCUT2D eigenvalue weighted by Crippen LogP contribution is -1.92. The monoisotopic (exact) mass is 201 g/mol. The zero-order valence-corrected chi connectivity index (χ0v) is 8.65. The van der Waals surface area contributed by atoms with E-state index in [1.807, 2.05) is 0 Å². The van der Waals surface area contributed by atoms with Gasteiger partial charge in [-0.1, -0.05) is 19.8 Å². The SMILES string of the molecule is CCCCCSCc1cc(=O)[nH]o1. The van der Waals surface area contributed by atoms with Gasteiger partial charge in [0.15, 0.2) is 0 Å². The molecule has 0 unspecified atom stereocenters. The zero-order chi connectivity index (χ0) is 9.52. The minimum atomic E-state index is -0.149. The van der Waals surface area contributed by atoms with Crippen molar-refractivity contribution < 1.29 is 4.52 Å². The van der Waals surface area contributed by atoms with Crippen LogP contribution < -0.4 is 5.56 Å². The van der Waals surface area contributed by atoms with Crippen LogP contribution in [0.1, 0.15) is 31.9 Å². The van der Waals surface area contributed by atoms with Gasteiger partial charge >= 0.3 is 0 Å². The first-order valence-corrected chi connectivity index (χ1v) is 5.73. The second kappa shape index (κ2) is 5.91. The molecule has 3 nitrogen and oxygen atoms in total. The second-order valence-electron chi connectivity index (χ2n) is 2.94. The van der Waals surface area contributed by atoms with Crippen molar-refractivity contribution in [3.8, 4) is 0 Å². The van der Waals surface area contributed by atoms with Crippen molar-refractivity contribution in [1.29, 1.82) is 0 Å². The van der Waals surface area contributed by atoms with E-state index in [1.54, 1.807) is 11.8 Å². The molecule has 0 aliphatic carbocycles. The van der Waals surface area contributed by atoms with Crippen LogP contribution in [0.3, 0.4) is 0 Å². The Bertz CT molecular complexity index is 279. The lowest BCUT2D eigenvalue weighted by molar-refractivity contribution is 0.390. The summed E-state index contributed by atoms with van der Waals surface area (Å²) < 4.78 is 4.91. The highest BCUT2D eigenvalue weighted by molar-refractivity contribution is 7.98. The Morgan fingerprint density at radius 3 is 3.00 bits per heavy atom. The number of rotatable bonds is 6. The number of unbranched alkanes of at least 4 members (excludes halogenated alkanes) is 2. The molecule has 1 aromatic heterocycles. The summed E-state index contributed by atoms with van der Waals surface area (Å²) in [5.74, 6) is 2.68. The van der Waals surface area contributed by atoms with Crippen molar-refractivity contribution in [2.24, 2.45) is 0 Å². The largest absolute Gasteiger partial charge is 0.383 e. The summed E-state index contributed by atoms with van der Waals surface area (Å²) >= 11 is 1.81. The lowest BCUT2D eigenvalue weighted by Gasteiger charge is -1.96. The Hall–Kier alpha value is -0.640. The highest BCUT2D eigenvalue weighted by atomic mass is 32.2. The molecule has 0 aliphatic rings. The van der Waals surface area contributed by atoms with Gasteiger partial charge in [-0.3, -0.25) is 4.79 Å². The number of nitrogens with one attached hydrogen (secondary N) is 1. The molecule has 0 saturated heterocycles. The number of hydrogen-bond acceptors (Lipinski definition) is 3. The fraction of sp³-hybridized carbons (Fsp3) is 0.667. The Morgan fingerprint density at radius 2 is 2.38 bits per heavy atom. The molecule has 0 bridgehead atoms. The second-order valence-corrected chi connectivity index (χ2v) is 4.04. The third-order valence-corrected chi connectivity index (χ3v) is 2.78. The molecule has 0 fully saturated rings. The van der Waals surface area contributed by atoms with Crippen LogP contribution in [0.2, 0.25) is 0 Å². The van der Waals surface area contributed by atoms with Crippen LogP contribution in [0.5, 0.6) is 0 Å². The van der Waals surface area contributed by atoms with Gasteiger partial charge in [0.25, 0.3) is 5.56 Å². The van der Waals surface area contributed by atoms with Crippen LogP contribution in [0.25, 0.3) is 0 Å². The molecule has 0 saturated carbocycles. The molecule has 13 heavy (non-hydrogen) atoms. The smallest absolute Gasteiger partial charge is 0.280 e. The Balaban J connectivity index is 2.09. The van der Waals surface area contributed by atoms with E-state index in [4.69, 9.17) is 4.52 Å². The Morgan fingerprint density at radius 1 is 1.54 bits per heavy atom. The molecule has 0 amide bonds. The fourth-order valence-corrected chi connectivity index (χ4v) is 1.92. The summed E-state index contributed by atoms with van der Waals surface area (Å²) in [6.07, 6.45) is 3.78. The third kappa shape index (κ3) is 4.22. The molecule has 0 atom stereocenters. The van der Waals surface area contributed by atoms with E-state index in [9.17, 15) is 4.79 Å². The van der Waals surface area contributed by atoms with Gasteiger partial charge < -0.3 is 4.52 Å². The van der Waals surface area contributed by atoms with E-state index in [1.165, 1.54) is 25.3 Å². The molecule has 1 rings (SSSR count). The van der Waals surface area contributed by atoms with Crippen LogP contribution >= 0.6 is 11.8 Å². The average Bonchev–Trinajstić information content (AvgIpc) is 2.51. The molecule has 0 radical (unpaired) electrons. The number of hydrogen-bond donors (Lipinski definition) is 1. The van der Waals surface area contributed by atoms with Gasteiger partial charge in [0.1, 0.15) is 5.76 Å². The van der Waals surface area contributed by atoms with Gasteiger partial charge in [-0.15, -0.1) is 0 Å². The number of aromatic amines is 1. The van der Waals surface area contributed by atoms with Crippen LogP contribution in [0.15, 0.2) is 15.4 Å². The predicted molar refractivity (Wildman–Crippen MR) is 55.0 cm³/mol. The summed E-state index contributed by atoms with van der Waals surface area (Å²) in [6.45, 7) is 2.19. The maximum atomic E-state index is 10.7. The van der Waals surface area contributed by atoms with Crippen LogP contribution in [0, 0.1) is 0 Å². The minimum absolute atomic E-state index is 0.149. The van der Waals surface area contributed by atoms with Crippen LogP contribution in [-0.2, 0) is 5.75 Å². The molecule has 1 heterocycles. The summed E-state index contributed by atoms with van der Waals surface area (Å²) in [7, 11) is 0. The number of thioether (sulfide) groups is 1. The molecule has 0 aromatic carbocycles. The maximum absolute atomic E-state index is 10.7. The maximum Gasteiger partial charge on any atom is 0.280 e. The molecule has 0 spiro atoms. The van der Waals surface area contributed by atoms with Crippen molar-refractivity contribution in [2.75, 3.05) is 5.75 Å². The quantitative estimate of drug-likeness (QED) is 0.719. The molecule has 74 valence electrons. The predicted octanol–water partition coefficient (Wildman–Crippen LogP) is 2.39. The molecule has 1 N–H and O–H groups in total. The highest BCUT2D eigenvalue weighted by Gasteiger charge is 1.98. The van der Waals surface area contributed by atoms with E-state index < -0.39 is 0 Å². The summed E-state index contributed by atoms with van der Waals surface area (Å²) in [5.41, 5.74) is -0.149. The van der Waals surface area contributed by atoms with E-state index in [0.717, 1.165) is 17.3 Å². The summed E-state index contributed by atoms with van der Waals surface area (Å²) in [6, 6.07) is 1.51. The average molecular weight is 201 g/mol. The van der Waals surface area contributed by atoms with Gasteiger partial charge in [0.05, 0.1) is 5.75 Å². The lowest BCUT2D eigenvalue weighted by atomic mass is 10.3. The van der Waals surface area contributed by atoms with E-state index in [-0.39, 0.29) is 5.56 Å². The normalized spacial score (nSPS) is 10.5. The highest BCUT2D eigenvalue weighted by Crippen LogP contribution is 2.12. The standard InChI is InChI=1S/C9H15NO2S/c1-2-3-4-5-13-7-8-6-9(11)10-12-8/h6H,2-5,7H2,1H3,(H,10,11). The van der Waals surface area contributed by atoms with Crippen LogP contribution in [0.4, 0.5) is 0 Å². The molecule has 4 heteroatoms. The van der Waals surface area contributed by atoms with Gasteiger partial charge in [0, 0.05) is 6.07 Å². The van der Waals surface area contributed by atoms with Crippen molar-refractivity contribution in [2.45, 2.75) is 31.9 Å². The van der Waals surface area contributed by atoms with E-state index in [2.05, 4.69) is 12.1 Å². The fourth-order valence-electron chi connectivity index (χ4n) is 1.02. The molecular weight excluding hydrogens is 186 g/mol. The topological polar surface area (TPSA) is 46.0 Å². The van der Waals surface area contributed by atoms with E-state index >= 15 is 0 Å². The first-order valence-electron chi connectivity index (χ1n) is 4.58. The Labute approximate surface area is 81.9 Å². The van der Waals surface area contributed by atoms with Gasteiger partial charge in [0.2, 0.25) is 0 Å². The molecular formula is C9H15NO2S. The first-order chi connectivity index (χ1) is 6.33. The third-order valence-electron chi connectivity index (χ3n) is 1.71. The van der Waals surface area contributed by atoms with Gasteiger partial charge in [-0.05, 0) is 12.2 Å². The molecule has 0 aliphatic heterocycles. The van der Waals surface area contributed by atoms with Crippen molar-refractivity contribution in [3.63, 3.8) is 0 Å². The van der Waals surface area contributed by atoms with Crippen molar-refractivity contribution >= 4 is 11.8 Å². The first kappa shape index (κ1) is 10.4. The Kier molecular flexibility index (Phi) is 4.75. The number of aromatic nitrogens is 1. The van der Waals surface area contributed by atoms with Gasteiger partial charge in [-0.25, -0.2) is 0 Å². The van der Waals surface area contributed by atoms with Crippen molar-refractivity contribution in [3.05, 3.63) is 22.2 Å². The zero-order valence-electron chi connectivity index (χ0n) is 7.84. The van der Waals surface area contributed by atoms with Gasteiger partial charge in [-0.2, -0.15) is 16.9 Å². The van der Waals surface area contributed by atoms with E-state index in [0.29, 0.717) is 0 Å². The minimum Gasteiger partial charge on any atom is -0.383 e. The number of H-pyrrole nitrogens is 1. The molecule has 1 aromatic rings.